The first-order valence-electron chi connectivity index (χ1n) is 10.1. The molecule has 0 radical (unpaired) electrons. The van der Waals surface area contributed by atoms with Gasteiger partial charge in [-0.3, -0.25) is 5.10 Å². The van der Waals surface area contributed by atoms with E-state index in [0.29, 0.717) is 0 Å². The van der Waals surface area contributed by atoms with Crippen LogP contribution in [0.1, 0.15) is 35.6 Å². The summed E-state index contributed by atoms with van der Waals surface area (Å²) in [6, 6.07) is 22.1. The van der Waals surface area contributed by atoms with Crippen LogP contribution in [-0.2, 0) is 4.79 Å². The SMILES string of the molecule is CC/C(=C(/c1ccc(/C=C/C(=O)O)cc1)c1ccc2[nH]ncc2c1)c1cccc(N)c1. The molecule has 4 aromatic rings. The second-order valence-corrected chi connectivity index (χ2v) is 7.30. The maximum absolute atomic E-state index is 10.8. The Hall–Kier alpha value is -4.12. The molecule has 4 rings (SSSR count). The van der Waals surface area contributed by atoms with Crippen LogP contribution < -0.4 is 5.73 Å². The van der Waals surface area contributed by atoms with Crippen LogP contribution in [0, 0.1) is 0 Å². The van der Waals surface area contributed by atoms with E-state index in [9.17, 15) is 4.79 Å². The quantitative estimate of drug-likeness (QED) is 0.219. The van der Waals surface area contributed by atoms with Crippen LogP contribution in [0.15, 0.2) is 79.0 Å². The van der Waals surface area contributed by atoms with Crippen LogP contribution in [-0.4, -0.2) is 21.3 Å². The monoisotopic (exact) mass is 409 g/mol. The van der Waals surface area contributed by atoms with Gasteiger partial charge in [0.15, 0.2) is 0 Å². The molecule has 0 spiro atoms. The van der Waals surface area contributed by atoms with Crippen LogP contribution in [0.3, 0.4) is 0 Å². The van der Waals surface area contributed by atoms with Gasteiger partial charge >= 0.3 is 5.97 Å². The number of nitrogens with zero attached hydrogens (tertiary/aromatic N) is 1. The molecule has 0 atom stereocenters. The predicted molar refractivity (Wildman–Crippen MR) is 126 cm³/mol. The molecule has 0 bridgehead atoms. The zero-order valence-electron chi connectivity index (χ0n) is 17.2. The van der Waals surface area contributed by atoms with E-state index in [0.717, 1.165) is 56.9 Å². The van der Waals surface area contributed by atoms with Crippen molar-refractivity contribution in [3.8, 4) is 0 Å². The molecule has 0 aliphatic carbocycles. The first kappa shape index (κ1) is 20.2. The molecule has 1 aromatic heterocycles. The van der Waals surface area contributed by atoms with Gasteiger partial charge in [0.05, 0.1) is 11.7 Å². The van der Waals surface area contributed by atoms with Crippen molar-refractivity contribution in [2.24, 2.45) is 0 Å². The third-order valence-electron chi connectivity index (χ3n) is 5.24. The normalized spacial score (nSPS) is 12.3. The van der Waals surface area contributed by atoms with Gasteiger partial charge in [-0.25, -0.2) is 4.79 Å². The Bertz CT molecular complexity index is 1300. The lowest BCUT2D eigenvalue weighted by Gasteiger charge is -2.17. The van der Waals surface area contributed by atoms with Crippen molar-refractivity contribution in [2.45, 2.75) is 13.3 Å². The number of aromatic nitrogens is 2. The molecule has 3 aromatic carbocycles. The van der Waals surface area contributed by atoms with Gasteiger partial charge in [0.1, 0.15) is 0 Å². The van der Waals surface area contributed by atoms with E-state index in [-0.39, 0.29) is 0 Å². The number of hydrogen-bond donors (Lipinski definition) is 3. The summed E-state index contributed by atoms with van der Waals surface area (Å²) in [5.41, 5.74) is 14.1. The standard InChI is InChI=1S/C26H23N3O2/c1-2-23(19-4-3-5-22(27)15-19)26(20-11-12-24-21(14-20)16-28-29-24)18-9-6-17(7-10-18)8-13-25(30)31/h3-16H,2,27H2,1H3,(H,28,29)(H,30,31)/b13-8+,26-23+. The number of aliphatic carboxylic acids is 1. The number of rotatable bonds is 6. The Kier molecular flexibility index (Phi) is 5.67. The van der Waals surface area contributed by atoms with E-state index >= 15 is 0 Å². The van der Waals surface area contributed by atoms with Gasteiger partial charge in [0, 0.05) is 17.1 Å². The number of carboxylic acid groups (broad SMARTS) is 1. The number of fused-ring (bicyclic) bond motifs is 1. The Morgan fingerprint density at radius 3 is 2.52 bits per heavy atom. The number of nitrogens with two attached hydrogens (primary N) is 1. The van der Waals surface area contributed by atoms with Crippen LogP contribution in [0.4, 0.5) is 5.69 Å². The van der Waals surface area contributed by atoms with Gasteiger partial charge in [-0.15, -0.1) is 0 Å². The van der Waals surface area contributed by atoms with Crippen molar-refractivity contribution in [1.29, 1.82) is 0 Å². The average molecular weight is 409 g/mol. The number of benzene rings is 3. The Labute approximate surface area is 180 Å². The number of H-pyrrole nitrogens is 1. The molecule has 0 saturated carbocycles. The fourth-order valence-electron chi connectivity index (χ4n) is 3.79. The lowest BCUT2D eigenvalue weighted by Crippen LogP contribution is -1.96. The number of nitrogens with one attached hydrogen (secondary N) is 1. The number of anilines is 1. The average Bonchev–Trinajstić information content (AvgIpc) is 3.24. The number of hydrogen-bond acceptors (Lipinski definition) is 3. The van der Waals surface area contributed by atoms with Crippen LogP contribution in [0.2, 0.25) is 0 Å². The molecule has 0 fully saturated rings. The van der Waals surface area contributed by atoms with Crippen LogP contribution in [0.5, 0.6) is 0 Å². The van der Waals surface area contributed by atoms with Crippen LogP contribution >= 0.6 is 0 Å². The van der Waals surface area contributed by atoms with E-state index < -0.39 is 5.97 Å². The molecule has 0 amide bonds. The molecule has 0 saturated heterocycles. The molecular formula is C26H23N3O2. The molecular weight excluding hydrogens is 386 g/mol. The summed E-state index contributed by atoms with van der Waals surface area (Å²) < 4.78 is 0. The van der Waals surface area contributed by atoms with Gasteiger partial charge < -0.3 is 10.8 Å². The maximum Gasteiger partial charge on any atom is 0.328 e. The fourth-order valence-corrected chi connectivity index (χ4v) is 3.79. The Morgan fingerprint density at radius 2 is 1.81 bits per heavy atom. The number of carboxylic acids is 1. The minimum absolute atomic E-state index is 0.724. The second-order valence-electron chi connectivity index (χ2n) is 7.30. The van der Waals surface area contributed by atoms with Gasteiger partial charge in [0.25, 0.3) is 0 Å². The number of allylic oxidation sites excluding steroid dienone is 1. The zero-order valence-corrected chi connectivity index (χ0v) is 17.2. The highest BCUT2D eigenvalue weighted by atomic mass is 16.4. The summed E-state index contributed by atoms with van der Waals surface area (Å²) in [5.74, 6) is -0.965. The van der Waals surface area contributed by atoms with Gasteiger partial charge in [-0.2, -0.15) is 5.10 Å². The van der Waals surface area contributed by atoms with Crippen molar-refractivity contribution >= 4 is 39.8 Å². The lowest BCUT2D eigenvalue weighted by molar-refractivity contribution is -0.131. The molecule has 1 heterocycles. The van der Waals surface area contributed by atoms with E-state index in [4.69, 9.17) is 10.8 Å². The Morgan fingerprint density at radius 1 is 1.03 bits per heavy atom. The largest absolute Gasteiger partial charge is 0.478 e. The number of carbonyl (C=O) groups is 1. The van der Waals surface area contributed by atoms with E-state index in [1.807, 2.05) is 54.7 Å². The van der Waals surface area contributed by atoms with Crippen LogP contribution in [0.25, 0.3) is 28.1 Å². The lowest BCUT2D eigenvalue weighted by atomic mass is 9.87. The zero-order chi connectivity index (χ0) is 21.8. The third kappa shape index (κ3) is 4.41. The van der Waals surface area contributed by atoms with Gasteiger partial charge in [-0.1, -0.05) is 49.4 Å². The predicted octanol–water partition coefficient (Wildman–Crippen LogP) is 5.61. The minimum Gasteiger partial charge on any atom is -0.478 e. The summed E-state index contributed by atoms with van der Waals surface area (Å²) in [5, 5.41) is 17.1. The summed E-state index contributed by atoms with van der Waals surface area (Å²) in [6.45, 7) is 2.14. The molecule has 5 heteroatoms. The topological polar surface area (TPSA) is 92.0 Å². The second kappa shape index (κ2) is 8.71. The highest BCUT2D eigenvalue weighted by molar-refractivity contribution is 6.00. The highest BCUT2D eigenvalue weighted by Gasteiger charge is 2.14. The summed E-state index contributed by atoms with van der Waals surface area (Å²) in [4.78, 5) is 10.8. The maximum atomic E-state index is 10.8. The number of nitrogen functional groups attached to an aromatic ring is 1. The fraction of sp³-hybridized carbons (Fsp3) is 0.0769. The summed E-state index contributed by atoms with van der Waals surface area (Å²) >= 11 is 0. The minimum atomic E-state index is -0.965. The van der Waals surface area contributed by atoms with Crippen molar-refractivity contribution < 1.29 is 9.90 Å². The van der Waals surface area contributed by atoms with Crippen molar-refractivity contribution in [2.75, 3.05) is 5.73 Å². The smallest absolute Gasteiger partial charge is 0.328 e. The summed E-state index contributed by atoms with van der Waals surface area (Å²) in [6.07, 6.45) is 5.37. The van der Waals surface area contributed by atoms with E-state index in [1.165, 1.54) is 5.57 Å². The first-order valence-corrected chi connectivity index (χ1v) is 10.1. The first-order chi connectivity index (χ1) is 15.0. The molecule has 31 heavy (non-hydrogen) atoms. The van der Waals surface area contributed by atoms with Crippen molar-refractivity contribution in [1.82, 2.24) is 10.2 Å². The molecule has 4 N–H and O–H groups in total. The molecule has 0 unspecified atom stereocenters. The van der Waals surface area contributed by atoms with Crippen molar-refractivity contribution in [3.05, 3.63) is 101 Å². The molecule has 0 aliphatic rings. The Balaban J connectivity index is 1.91. The van der Waals surface area contributed by atoms with E-state index in [1.54, 1.807) is 6.08 Å². The van der Waals surface area contributed by atoms with Crippen molar-refractivity contribution in [3.63, 3.8) is 0 Å². The van der Waals surface area contributed by atoms with E-state index in [2.05, 4.69) is 35.3 Å². The molecule has 5 nitrogen and oxygen atoms in total. The summed E-state index contributed by atoms with van der Waals surface area (Å²) in [7, 11) is 0. The molecule has 154 valence electrons. The third-order valence-corrected chi connectivity index (χ3v) is 5.24. The van der Waals surface area contributed by atoms with Gasteiger partial charge in [0.2, 0.25) is 0 Å². The van der Waals surface area contributed by atoms with Gasteiger partial charge in [-0.05, 0) is 70.2 Å². The molecule has 0 aliphatic heterocycles. The highest BCUT2D eigenvalue weighted by Crippen LogP contribution is 2.36. The number of aromatic amines is 1.